The molecule has 2 heterocycles. The summed E-state index contributed by atoms with van der Waals surface area (Å²) in [6, 6.07) is 8.61. The number of ether oxygens (including phenoxy) is 1. The van der Waals surface area contributed by atoms with Crippen LogP contribution in [-0.4, -0.2) is 56.7 Å². The number of carbonyl (C=O) groups is 3. The third-order valence-electron chi connectivity index (χ3n) is 14.1. The first-order valence-corrected chi connectivity index (χ1v) is 19.8. The number of carbonyl (C=O) groups excluding carboxylic acids is 3. The average Bonchev–Trinajstić information content (AvgIpc) is 3.35. The van der Waals surface area contributed by atoms with Gasteiger partial charge in [0, 0.05) is 54.1 Å². The highest BCUT2D eigenvalue weighted by Crippen LogP contribution is 2.70. The van der Waals surface area contributed by atoms with E-state index in [0.29, 0.717) is 43.1 Å². The number of unbranched alkanes of at least 4 members (excludes halogenated alkanes) is 2. The second kappa shape index (κ2) is 15.3. The van der Waals surface area contributed by atoms with Crippen LogP contribution in [0, 0.1) is 28.6 Å². The normalized spacial score (nSPS) is 34.3. The van der Waals surface area contributed by atoms with Crippen LogP contribution in [0.3, 0.4) is 0 Å². The number of aliphatic hydroxyl groups is 2. The molecule has 9 heteroatoms. The molecule has 3 unspecified atom stereocenters. The molecule has 0 amide bonds. The lowest BCUT2D eigenvalue weighted by Crippen LogP contribution is -2.69. The van der Waals surface area contributed by atoms with Crippen LogP contribution in [-0.2, 0) is 25.7 Å². The van der Waals surface area contributed by atoms with Crippen LogP contribution in [0.1, 0.15) is 122 Å². The summed E-state index contributed by atoms with van der Waals surface area (Å²) < 4.78 is 25.0. The minimum absolute atomic E-state index is 0.110. The number of halogens is 1. The maximum Gasteiger partial charge on any atom is 0.306 e. The van der Waals surface area contributed by atoms with Gasteiger partial charge in [0.25, 0.3) is 0 Å². The van der Waals surface area contributed by atoms with Crippen molar-refractivity contribution in [2.45, 2.75) is 135 Å². The summed E-state index contributed by atoms with van der Waals surface area (Å²) >= 11 is 0. The van der Waals surface area contributed by atoms with Gasteiger partial charge >= 0.3 is 5.97 Å². The van der Waals surface area contributed by atoms with Gasteiger partial charge in [-0.2, -0.15) is 0 Å². The number of aromatic nitrogens is 2. The molecule has 4 aliphatic carbocycles. The molecule has 0 spiro atoms. The van der Waals surface area contributed by atoms with E-state index in [1.807, 2.05) is 12.4 Å². The molecule has 2 aromatic rings. The second-order valence-corrected chi connectivity index (χ2v) is 17.0. The van der Waals surface area contributed by atoms with E-state index < -0.39 is 58.4 Å². The van der Waals surface area contributed by atoms with Gasteiger partial charge < -0.3 is 14.9 Å². The Labute approximate surface area is 313 Å². The molecular weight excluding hydrogens is 671 g/mol. The van der Waals surface area contributed by atoms with Crippen molar-refractivity contribution in [2.75, 3.05) is 6.61 Å². The lowest BCUT2D eigenvalue weighted by atomic mass is 9.44. The third-order valence-corrected chi connectivity index (χ3v) is 14.1. The molecule has 2 N–H and O–H groups in total. The molecule has 0 radical (unpaired) electrons. The van der Waals surface area contributed by atoms with Crippen molar-refractivity contribution in [3.8, 4) is 0 Å². The highest BCUT2D eigenvalue weighted by molar-refractivity contribution is 6.01. The van der Waals surface area contributed by atoms with Gasteiger partial charge in [-0.1, -0.05) is 39.3 Å². The minimum Gasteiger partial charge on any atom is -0.458 e. The first-order valence-electron chi connectivity index (χ1n) is 19.8. The third kappa shape index (κ3) is 6.86. The van der Waals surface area contributed by atoms with E-state index >= 15 is 4.39 Å². The number of ketones is 2. The topological polar surface area (TPSA) is 118 Å². The van der Waals surface area contributed by atoms with E-state index in [0.717, 1.165) is 32.2 Å². The Morgan fingerprint density at radius 1 is 1.08 bits per heavy atom. The molecule has 0 aliphatic heterocycles. The Morgan fingerprint density at radius 2 is 1.79 bits per heavy atom. The van der Waals surface area contributed by atoms with Gasteiger partial charge in [-0.3, -0.25) is 19.4 Å². The van der Waals surface area contributed by atoms with Crippen molar-refractivity contribution in [2.24, 2.45) is 28.6 Å². The first kappa shape index (κ1) is 39.1. The smallest absolute Gasteiger partial charge is 0.306 e. The zero-order valence-electron chi connectivity index (χ0n) is 32.1. The van der Waals surface area contributed by atoms with Crippen LogP contribution in [0.2, 0.25) is 0 Å². The number of alkyl halides is 1. The molecule has 0 bridgehead atoms. The van der Waals surface area contributed by atoms with Gasteiger partial charge in [-0.05, 0) is 117 Å². The van der Waals surface area contributed by atoms with Crippen molar-refractivity contribution in [3.05, 3.63) is 84.0 Å². The van der Waals surface area contributed by atoms with E-state index in [-0.39, 0.29) is 24.5 Å². The number of pyridine rings is 2. The van der Waals surface area contributed by atoms with Gasteiger partial charge in [-0.25, -0.2) is 8.96 Å². The zero-order chi connectivity index (χ0) is 38.2. The number of Topliss-reactive ketones (excluding diaryl/α,β-unsaturated/α-hetero) is 1. The van der Waals surface area contributed by atoms with Crippen LogP contribution in [0.4, 0.5) is 4.39 Å². The largest absolute Gasteiger partial charge is 0.458 e. The van der Waals surface area contributed by atoms with Crippen LogP contribution in [0.5, 0.6) is 0 Å². The van der Waals surface area contributed by atoms with Crippen molar-refractivity contribution in [1.29, 1.82) is 0 Å². The van der Waals surface area contributed by atoms with E-state index in [1.54, 1.807) is 26.8 Å². The van der Waals surface area contributed by atoms with Gasteiger partial charge in [0.1, 0.15) is 12.1 Å². The van der Waals surface area contributed by atoms with Gasteiger partial charge in [0.05, 0.1) is 6.10 Å². The fourth-order valence-electron chi connectivity index (χ4n) is 10.9. The minimum atomic E-state index is -2.04. The van der Waals surface area contributed by atoms with Crippen LogP contribution in [0.25, 0.3) is 0 Å². The summed E-state index contributed by atoms with van der Waals surface area (Å²) in [6.07, 6.45) is 16.9. The molecule has 3 saturated carbocycles. The summed E-state index contributed by atoms with van der Waals surface area (Å²) in [5, 5.41) is 23.7. The summed E-state index contributed by atoms with van der Waals surface area (Å²) in [7, 11) is 0. The van der Waals surface area contributed by atoms with Gasteiger partial charge in [0.2, 0.25) is 5.78 Å². The molecule has 286 valence electrons. The Morgan fingerprint density at radius 3 is 2.49 bits per heavy atom. The van der Waals surface area contributed by atoms with Gasteiger partial charge in [0.15, 0.2) is 30.5 Å². The number of aryl methyl sites for hydroxylation is 1. The molecule has 6 rings (SSSR count). The number of allylic oxidation sites excluding steroid dienone is 4. The van der Waals surface area contributed by atoms with Crippen molar-refractivity contribution < 1.29 is 38.3 Å². The average molecular weight is 730 g/mol. The molecule has 3 fully saturated rings. The van der Waals surface area contributed by atoms with Crippen molar-refractivity contribution in [3.63, 3.8) is 0 Å². The number of nitrogens with zero attached hydrogens (tertiary/aromatic N) is 2. The van der Waals surface area contributed by atoms with Crippen molar-refractivity contribution in [1.82, 2.24) is 4.98 Å². The van der Waals surface area contributed by atoms with E-state index in [4.69, 9.17) is 4.74 Å². The standard InChI is InChI=1S/C44H58FN2O6/c1-6-31(24-29(2)32-14-19-46-20-15-32)33-16-22-47(23-17-33)21-9-7-8-10-40(51)53-28-39(50)44(52)30(3)25-37-36-12-11-34-26-35(48)13-18-41(34,4)43(36,45)38(49)27-42(37,44)5/h13-20,22-23,26,29-31,36-38,49,52H,6-12,21,24-25,27-28H2,1-5H3/q+1/t29?,30-,31?,36?,37+,38+,41+,42+,43+,44+/m0/s1. The molecule has 10 atom stereocenters. The fourth-order valence-corrected chi connectivity index (χ4v) is 10.9. The molecule has 0 saturated heterocycles. The molecular formula is C44H58FN2O6+. The van der Waals surface area contributed by atoms with Crippen molar-refractivity contribution >= 4 is 17.5 Å². The molecule has 4 aliphatic rings. The summed E-state index contributed by atoms with van der Waals surface area (Å²) in [5.74, 6) is -1.82. The van der Waals surface area contributed by atoms with Crippen LogP contribution < -0.4 is 4.57 Å². The monoisotopic (exact) mass is 729 g/mol. The number of fused-ring (bicyclic) bond motifs is 5. The maximum atomic E-state index is 17.4. The lowest BCUT2D eigenvalue weighted by molar-refractivity contribution is -0.697. The summed E-state index contributed by atoms with van der Waals surface area (Å²) in [5.41, 5.74) is -2.83. The zero-order valence-corrected chi connectivity index (χ0v) is 32.1. The summed E-state index contributed by atoms with van der Waals surface area (Å²) in [4.78, 5) is 42.8. The van der Waals surface area contributed by atoms with E-state index in [9.17, 15) is 24.6 Å². The second-order valence-electron chi connectivity index (χ2n) is 17.0. The van der Waals surface area contributed by atoms with Gasteiger partial charge in [-0.15, -0.1) is 0 Å². The highest BCUT2D eigenvalue weighted by atomic mass is 19.1. The number of aliphatic hydroxyl groups excluding tert-OH is 1. The first-order chi connectivity index (χ1) is 25.2. The predicted octanol–water partition coefficient (Wildman–Crippen LogP) is 7.08. The Balaban J connectivity index is 0.972. The Kier molecular flexibility index (Phi) is 11.3. The summed E-state index contributed by atoms with van der Waals surface area (Å²) in [6.45, 7) is 10.1. The van der Waals surface area contributed by atoms with E-state index in [1.165, 1.54) is 23.3 Å². The van der Waals surface area contributed by atoms with Crippen LogP contribution in [0.15, 0.2) is 72.9 Å². The molecule has 8 nitrogen and oxygen atoms in total. The number of hydrogen-bond acceptors (Lipinski definition) is 7. The van der Waals surface area contributed by atoms with Crippen LogP contribution >= 0.6 is 0 Å². The molecule has 2 aromatic heterocycles. The van der Waals surface area contributed by atoms with E-state index in [2.05, 4.69) is 60.1 Å². The number of rotatable bonds is 14. The SMILES string of the molecule is CCC(CC(C)c1ccncc1)c1cc[n+](CCCCCC(=O)OCC(=O)[C@]2(O)[C@@H](C)C[C@@H]3C4CCC5=CC(=O)C=C[C@@]5(C)[C@]4(F)[C@H](O)C[C@]32C)cc1. The Bertz CT molecular complexity index is 1730. The molecule has 0 aromatic carbocycles. The lowest BCUT2D eigenvalue weighted by Gasteiger charge is -2.62. The number of esters is 1. The maximum absolute atomic E-state index is 17.4. The highest BCUT2D eigenvalue weighted by Gasteiger charge is 2.75. The quantitative estimate of drug-likeness (QED) is 0.121. The fraction of sp³-hybridized carbons (Fsp3) is 0.614. The Hall–Kier alpha value is -3.56. The number of hydrogen-bond donors (Lipinski definition) is 2. The predicted molar refractivity (Wildman–Crippen MR) is 199 cm³/mol. The molecule has 53 heavy (non-hydrogen) atoms.